The first kappa shape index (κ1) is 17.1. The summed E-state index contributed by atoms with van der Waals surface area (Å²) < 4.78 is 4.63. The number of esters is 1. The van der Waals surface area contributed by atoms with Gasteiger partial charge >= 0.3 is 5.97 Å². The van der Waals surface area contributed by atoms with Gasteiger partial charge in [-0.15, -0.1) is 0 Å². The molecule has 0 aliphatic heterocycles. The Balaban J connectivity index is 2.99. The van der Waals surface area contributed by atoms with E-state index in [9.17, 15) is 19.8 Å². The van der Waals surface area contributed by atoms with Crippen molar-refractivity contribution >= 4 is 17.6 Å². The molecule has 6 heteroatoms. The van der Waals surface area contributed by atoms with E-state index >= 15 is 0 Å². The molecule has 1 rings (SSSR count). The summed E-state index contributed by atoms with van der Waals surface area (Å²) >= 11 is 0. The molecule has 21 heavy (non-hydrogen) atoms. The molecule has 1 aromatic carbocycles. The zero-order chi connectivity index (χ0) is 15.9. The van der Waals surface area contributed by atoms with Crippen molar-refractivity contribution in [1.29, 1.82) is 0 Å². The first-order valence-electron chi connectivity index (χ1n) is 6.73. The van der Waals surface area contributed by atoms with Gasteiger partial charge in [0.05, 0.1) is 13.2 Å². The maximum absolute atomic E-state index is 11.7. The highest BCUT2D eigenvalue weighted by Crippen LogP contribution is 2.32. The van der Waals surface area contributed by atoms with E-state index in [2.05, 4.69) is 10.1 Å². The first-order valence-corrected chi connectivity index (χ1v) is 6.73. The summed E-state index contributed by atoms with van der Waals surface area (Å²) in [5.41, 5.74) is 0.305. The Hall–Kier alpha value is -1.92. The highest BCUT2D eigenvalue weighted by atomic mass is 16.5. The minimum absolute atomic E-state index is 0.239. The third-order valence-corrected chi connectivity index (χ3v) is 3.46. The minimum atomic E-state index is -0.828. The number of ether oxygens (including phenoxy) is 1. The fourth-order valence-electron chi connectivity index (χ4n) is 2.04. The van der Waals surface area contributed by atoms with Crippen LogP contribution in [0, 0.1) is 0 Å². The zero-order valence-electron chi connectivity index (χ0n) is 12.3. The van der Waals surface area contributed by atoms with Crippen molar-refractivity contribution in [3.63, 3.8) is 0 Å². The van der Waals surface area contributed by atoms with Crippen LogP contribution in [0.15, 0.2) is 24.3 Å². The van der Waals surface area contributed by atoms with E-state index in [1.54, 1.807) is 24.3 Å². The lowest BCUT2D eigenvalue weighted by Crippen LogP contribution is -2.35. The second-order valence-corrected chi connectivity index (χ2v) is 4.82. The lowest BCUT2D eigenvalue weighted by atomic mass is 9.78. The summed E-state index contributed by atoms with van der Waals surface area (Å²) in [5, 5.41) is 21.9. The van der Waals surface area contributed by atoms with Gasteiger partial charge in [-0.25, -0.2) is 0 Å². The van der Waals surface area contributed by atoms with Crippen LogP contribution in [0.5, 0.6) is 0 Å². The number of anilines is 1. The summed E-state index contributed by atoms with van der Waals surface area (Å²) in [7, 11) is 0. The summed E-state index contributed by atoms with van der Waals surface area (Å²) in [6.45, 7) is 2.22. The van der Waals surface area contributed by atoms with Gasteiger partial charge in [-0.3, -0.25) is 9.59 Å². The van der Waals surface area contributed by atoms with E-state index in [-0.39, 0.29) is 19.8 Å². The number of hydrogen-bond donors (Lipinski definition) is 3. The van der Waals surface area contributed by atoms with Crippen LogP contribution in [-0.2, 0) is 19.7 Å². The fraction of sp³-hybridized carbons (Fsp3) is 0.467. The van der Waals surface area contributed by atoms with Crippen LogP contribution in [0.4, 0.5) is 5.69 Å². The molecule has 0 heterocycles. The fourth-order valence-corrected chi connectivity index (χ4v) is 2.04. The molecule has 116 valence electrons. The quantitative estimate of drug-likeness (QED) is 0.647. The van der Waals surface area contributed by atoms with Gasteiger partial charge in [0.2, 0.25) is 0 Å². The van der Waals surface area contributed by atoms with Gasteiger partial charge in [0.25, 0.3) is 5.91 Å². The van der Waals surface area contributed by atoms with Crippen molar-refractivity contribution < 1.29 is 24.5 Å². The van der Waals surface area contributed by atoms with E-state index in [1.807, 2.05) is 6.92 Å². The Kier molecular flexibility index (Phi) is 6.33. The van der Waals surface area contributed by atoms with Gasteiger partial charge in [-0.05, 0) is 18.1 Å². The number of para-hydroxylation sites is 1. The average molecular weight is 295 g/mol. The molecular formula is C15H21NO5. The third-order valence-electron chi connectivity index (χ3n) is 3.46. The molecule has 0 aliphatic rings. The van der Waals surface area contributed by atoms with Crippen LogP contribution in [0.3, 0.4) is 0 Å². The number of aliphatic hydroxyl groups excluding tert-OH is 2. The number of carbonyl (C=O) groups is 2. The molecule has 0 fully saturated rings. The van der Waals surface area contributed by atoms with Gasteiger partial charge < -0.3 is 20.3 Å². The Morgan fingerprint density at radius 2 is 1.86 bits per heavy atom. The van der Waals surface area contributed by atoms with E-state index in [4.69, 9.17) is 0 Å². The highest BCUT2D eigenvalue weighted by molar-refractivity contribution is 5.93. The SMILES string of the molecule is CCC(CO)(CO)c1ccccc1NC(=O)COC(C)=O. The van der Waals surface area contributed by atoms with Crippen molar-refractivity contribution in [2.75, 3.05) is 25.1 Å². The average Bonchev–Trinajstić information content (AvgIpc) is 2.49. The molecular weight excluding hydrogens is 274 g/mol. The highest BCUT2D eigenvalue weighted by Gasteiger charge is 2.31. The maximum atomic E-state index is 11.7. The second-order valence-electron chi connectivity index (χ2n) is 4.82. The molecule has 0 saturated heterocycles. The molecule has 0 aliphatic carbocycles. The van der Waals surface area contributed by atoms with Crippen molar-refractivity contribution in [3.05, 3.63) is 29.8 Å². The smallest absolute Gasteiger partial charge is 0.303 e. The number of amides is 1. The van der Waals surface area contributed by atoms with E-state index in [0.717, 1.165) is 0 Å². The lowest BCUT2D eigenvalue weighted by molar-refractivity contribution is -0.144. The monoisotopic (exact) mass is 295 g/mol. The minimum Gasteiger partial charge on any atom is -0.456 e. The largest absolute Gasteiger partial charge is 0.456 e. The van der Waals surface area contributed by atoms with Gasteiger partial charge in [-0.2, -0.15) is 0 Å². The van der Waals surface area contributed by atoms with Crippen LogP contribution < -0.4 is 5.32 Å². The summed E-state index contributed by atoms with van der Waals surface area (Å²) in [4.78, 5) is 22.4. The molecule has 3 N–H and O–H groups in total. The molecule has 0 spiro atoms. The summed E-state index contributed by atoms with van der Waals surface area (Å²) in [6, 6.07) is 6.93. The van der Waals surface area contributed by atoms with Crippen LogP contribution in [0.25, 0.3) is 0 Å². The Bertz CT molecular complexity index is 488. The number of nitrogens with one attached hydrogen (secondary N) is 1. The Labute approximate surface area is 123 Å². The molecule has 0 aromatic heterocycles. The number of rotatable bonds is 7. The van der Waals surface area contributed by atoms with Gasteiger partial charge in [-0.1, -0.05) is 25.1 Å². The van der Waals surface area contributed by atoms with Crippen molar-refractivity contribution in [3.8, 4) is 0 Å². The van der Waals surface area contributed by atoms with E-state index in [1.165, 1.54) is 6.92 Å². The number of carbonyl (C=O) groups excluding carboxylic acids is 2. The van der Waals surface area contributed by atoms with Crippen LogP contribution in [0.2, 0.25) is 0 Å². The summed E-state index contributed by atoms with van der Waals surface area (Å²) in [6.07, 6.45) is 0.511. The van der Waals surface area contributed by atoms with Crippen molar-refractivity contribution in [1.82, 2.24) is 0 Å². The number of hydrogen-bond acceptors (Lipinski definition) is 5. The third kappa shape index (κ3) is 4.27. The molecule has 1 aromatic rings. The molecule has 0 atom stereocenters. The molecule has 0 saturated carbocycles. The molecule has 0 bridgehead atoms. The normalized spacial score (nSPS) is 11.0. The second kappa shape index (κ2) is 7.75. The van der Waals surface area contributed by atoms with Gasteiger partial charge in [0, 0.05) is 18.0 Å². The maximum Gasteiger partial charge on any atom is 0.303 e. The predicted molar refractivity (Wildman–Crippen MR) is 77.8 cm³/mol. The number of aliphatic hydroxyl groups is 2. The van der Waals surface area contributed by atoms with E-state index < -0.39 is 17.3 Å². The molecule has 1 amide bonds. The van der Waals surface area contributed by atoms with Crippen LogP contribution in [0.1, 0.15) is 25.8 Å². The summed E-state index contributed by atoms with van der Waals surface area (Å²) in [5.74, 6) is -1.01. The molecule has 0 unspecified atom stereocenters. The topological polar surface area (TPSA) is 95.9 Å². The Morgan fingerprint density at radius 3 is 2.38 bits per heavy atom. The van der Waals surface area contributed by atoms with Crippen molar-refractivity contribution in [2.45, 2.75) is 25.7 Å². The standard InChI is InChI=1S/C15H21NO5/c1-3-15(9-17,10-18)12-6-4-5-7-13(12)16-14(20)8-21-11(2)19/h4-7,17-18H,3,8-10H2,1-2H3,(H,16,20). The van der Waals surface area contributed by atoms with Gasteiger partial charge in [0.1, 0.15) is 0 Å². The molecule has 0 radical (unpaired) electrons. The van der Waals surface area contributed by atoms with Gasteiger partial charge in [0.15, 0.2) is 6.61 Å². The van der Waals surface area contributed by atoms with Crippen LogP contribution >= 0.6 is 0 Å². The predicted octanol–water partition coefficient (Wildman–Crippen LogP) is 0.821. The van der Waals surface area contributed by atoms with Crippen LogP contribution in [-0.4, -0.2) is 41.9 Å². The van der Waals surface area contributed by atoms with E-state index in [0.29, 0.717) is 17.7 Å². The molecule has 6 nitrogen and oxygen atoms in total. The lowest BCUT2D eigenvalue weighted by Gasteiger charge is -2.31. The first-order chi connectivity index (χ1) is 9.99. The number of benzene rings is 1. The van der Waals surface area contributed by atoms with Crippen molar-refractivity contribution in [2.24, 2.45) is 0 Å². The Morgan fingerprint density at radius 1 is 1.24 bits per heavy atom. The zero-order valence-corrected chi connectivity index (χ0v) is 12.3.